The number of likely N-dealkylation sites (N-methyl/N-ethyl adjacent to an activating group) is 1. The Labute approximate surface area is 493 Å². The summed E-state index contributed by atoms with van der Waals surface area (Å²) in [6.45, 7) is 13.2. The molecule has 0 spiro atoms. The minimum atomic E-state index is -1.82. The lowest BCUT2D eigenvalue weighted by molar-refractivity contribution is -0.163. The molecule has 1 saturated heterocycles. The van der Waals surface area contributed by atoms with Gasteiger partial charge in [-0.15, -0.1) is 0 Å². The zero-order chi connectivity index (χ0) is 60.3. The number of anilines is 2. The molecule has 2 aromatic rings. The molecular formula is C59H78ClN7O13S2. The van der Waals surface area contributed by atoms with Gasteiger partial charge in [0.1, 0.15) is 35.1 Å². The molecule has 82 heavy (non-hydrogen) atoms. The number of benzene rings is 2. The number of aliphatic hydroxyl groups is 1. The molecule has 20 nitrogen and oxygen atoms in total. The number of fused-ring (bicyclic) bond motifs is 5. The number of hydrogen-bond donors (Lipinski definition) is 4. The second kappa shape index (κ2) is 28.4. The summed E-state index contributed by atoms with van der Waals surface area (Å²) in [6.07, 6.45) is 7.36. The molecule has 3 aliphatic heterocycles. The highest BCUT2D eigenvalue weighted by atomic mass is 35.5. The molecule has 0 aromatic heterocycles. The van der Waals surface area contributed by atoms with E-state index in [0.717, 1.165) is 16.7 Å². The number of unbranched alkanes of at least 4 members (excludes halogenated alkanes) is 2. The van der Waals surface area contributed by atoms with Gasteiger partial charge in [-0.05, 0) is 108 Å². The van der Waals surface area contributed by atoms with Crippen molar-refractivity contribution in [1.82, 2.24) is 20.5 Å². The summed E-state index contributed by atoms with van der Waals surface area (Å²) in [6, 6.07) is 9.64. The highest BCUT2D eigenvalue weighted by molar-refractivity contribution is 8.77. The van der Waals surface area contributed by atoms with Gasteiger partial charge in [-0.3, -0.25) is 39.0 Å². The number of esters is 1. The van der Waals surface area contributed by atoms with Crippen molar-refractivity contribution in [3.63, 3.8) is 0 Å². The van der Waals surface area contributed by atoms with Gasteiger partial charge in [0.15, 0.2) is 5.72 Å². The second-order valence-corrected chi connectivity index (χ2v) is 25.9. The Bertz CT molecular complexity index is 2850. The average Bonchev–Trinajstić information content (AvgIpc) is 3.97. The lowest BCUT2D eigenvalue weighted by atomic mass is 9.83. The van der Waals surface area contributed by atoms with Crippen LogP contribution in [0.5, 0.6) is 5.75 Å². The van der Waals surface area contributed by atoms with Crippen molar-refractivity contribution in [2.75, 3.05) is 50.8 Å². The van der Waals surface area contributed by atoms with Crippen LogP contribution in [0.25, 0.3) is 0 Å². The molecule has 1 saturated carbocycles. The summed E-state index contributed by atoms with van der Waals surface area (Å²) in [4.78, 5) is 108. The first-order valence-electron chi connectivity index (χ1n) is 27.4. The minimum Gasteiger partial charge on any atom is -0.495 e. The van der Waals surface area contributed by atoms with Gasteiger partial charge in [-0.2, -0.15) is 5.10 Å². The van der Waals surface area contributed by atoms with E-state index in [4.69, 9.17) is 30.5 Å². The topological polar surface area (TPSA) is 252 Å². The Morgan fingerprint density at radius 1 is 1.02 bits per heavy atom. The van der Waals surface area contributed by atoms with E-state index in [-0.39, 0.29) is 72.1 Å². The Balaban J connectivity index is 1.01. The lowest BCUT2D eigenvalue weighted by Crippen LogP contribution is -2.63. The van der Waals surface area contributed by atoms with Crippen LogP contribution in [0.2, 0.25) is 5.02 Å². The molecule has 0 radical (unpaired) electrons. The van der Waals surface area contributed by atoms with Crippen LogP contribution in [0.1, 0.15) is 117 Å². The number of methoxy groups -OCH3 is 2. The van der Waals surface area contributed by atoms with Crippen LogP contribution >= 0.6 is 33.2 Å². The maximum Gasteiger partial charge on any atom is 0.409 e. The zero-order valence-corrected chi connectivity index (χ0v) is 51.0. The van der Waals surface area contributed by atoms with Crippen LogP contribution in [0.3, 0.4) is 0 Å². The summed E-state index contributed by atoms with van der Waals surface area (Å²) in [5.74, 6) is -2.36. The van der Waals surface area contributed by atoms with Crippen molar-refractivity contribution in [2.45, 2.75) is 148 Å². The van der Waals surface area contributed by atoms with Gasteiger partial charge in [0.05, 0.1) is 24.9 Å². The second-order valence-electron chi connectivity index (χ2n) is 22.4. The number of carbonyl (C=O) groups is 8. The fourth-order valence-corrected chi connectivity index (χ4v) is 13.1. The fraction of sp³-hybridized carbons (Fsp3) is 0.542. The predicted molar refractivity (Wildman–Crippen MR) is 317 cm³/mol. The first-order valence-corrected chi connectivity index (χ1v) is 30.1. The number of halogens is 1. The summed E-state index contributed by atoms with van der Waals surface area (Å²) in [5.41, 5.74) is 4.03. The molecule has 4 N–H and O–H groups in total. The zero-order valence-electron chi connectivity index (χ0n) is 48.6. The first-order chi connectivity index (χ1) is 38.7. The van der Waals surface area contributed by atoms with Gasteiger partial charge < -0.3 is 39.2 Å². The predicted octanol–water partition coefficient (Wildman–Crippen LogP) is 8.29. The van der Waals surface area contributed by atoms with Gasteiger partial charge in [0, 0.05) is 87.2 Å². The first kappa shape index (κ1) is 65.0. The maximum atomic E-state index is 14.5. The standard InChI is InChI=1S/C59H78ClN7O13S2/c1-35-16-15-17-46(78-11)59(76)33-45(79-56(75)62-59)36(2)42-32-58(42,7)47(31-53(73)66(9)43-29-39(28-35)30-44(77-10)54(43)60)80-55(74)38(4)65(8)50(70)25-27-81-82-57(5,6)34-49(69)64-63-37(3)40-19-21-41(22-20-40)61-48(68)18-13-12-14-26-67-51(71)23-24-52(67)72/h15-17,19-24,29-30,36,38,42,45-47,76H,12-14,18,25-28,31-34H2,1-11H3,(H,61,68)(H,62,75)(H,64,69)/b17-15+,35-16+,63-37-/t36-,38-,42-,45-,46+,47-,58-,59-/m0/s1. The number of imide groups is 1. The SMILES string of the molecule is COc1cc2cc(c1Cl)N(C)C(=O)C[C@H](OC(=O)[C@H](C)N(C)C(=O)CCSSC(C)(C)CC(=O)N/N=C(/C)c1ccc(NC(=O)CCCCCN3C(=O)C=CC3=O)cc1)[C@@]1(C)C[C@H]1[C@H](C)[C@@H]1C[C@@](O)(NC(=O)O1)[C@H](OC)/C=C/C=C(\C)C2. The molecule has 4 bridgehead atoms. The van der Waals surface area contributed by atoms with E-state index >= 15 is 0 Å². The Kier molecular flexibility index (Phi) is 22.5. The molecule has 2 aromatic carbocycles. The normalized spacial score (nSPS) is 25.5. The van der Waals surface area contributed by atoms with E-state index in [1.54, 1.807) is 63.4 Å². The third-order valence-corrected chi connectivity index (χ3v) is 19.3. The van der Waals surface area contributed by atoms with E-state index in [1.807, 2.05) is 46.8 Å². The Morgan fingerprint density at radius 3 is 2.39 bits per heavy atom. The van der Waals surface area contributed by atoms with E-state index < -0.39 is 58.2 Å². The Morgan fingerprint density at radius 2 is 1.72 bits per heavy atom. The molecule has 6 rings (SSSR count). The number of amides is 7. The largest absolute Gasteiger partial charge is 0.495 e. The van der Waals surface area contributed by atoms with E-state index in [9.17, 15) is 43.5 Å². The number of nitrogens with one attached hydrogen (secondary N) is 3. The van der Waals surface area contributed by atoms with Crippen LogP contribution in [-0.2, 0) is 54.2 Å². The third kappa shape index (κ3) is 17.0. The van der Waals surface area contributed by atoms with Gasteiger partial charge >= 0.3 is 12.1 Å². The van der Waals surface area contributed by atoms with Crippen LogP contribution < -0.4 is 25.7 Å². The summed E-state index contributed by atoms with van der Waals surface area (Å²) in [5, 5.41) is 21.9. The molecule has 446 valence electrons. The number of ether oxygens (including phenoxy) is 4. The number of alkyl carbamates (subject to hydrolysis) is 1. The summed E-state index contributed by atoms with van der Waals surface area (Å²) < 4.78 is 22.9. The van der Waals surface area contributed by atoms with Crippen LogP contribution in [0, 0.1) is 17.3 Å². The smallest absolute Gasteiger partial charge is 0.409 e. The van der Waals surface area contributed by atoms with Crippen LogP contribution in [-0.4, -0.2) is 144 Å². The number of hydrazone groups is 1. The van der Waals surface area contributed by atoms with Crippen molar-refractivity contribution in [3.05, 3.63) is 88.5 Å². The van der Waals surface area contributed by atoms with Crippen molar-refractivity contribution in [3.8, 4) is 5.75 Å². The monoisotopic (exact) mass is 1190 g/mol. The van der Waals surface area contributed by atoms with Gasteiger partial charge in [0.25, 0.3) is 11.8 Å². The Hall–Kier alpha value is -6.20. The lowest BCUT2D eigenvalue weighted by Gasteiger charge is -2.42. The fourth-order valence-electron chi connectivity index (χ4n) is 10.3. The van der Waals surface area contributed by atoms with E-state index in [0.29, 0.717) is 73.7 Å². The number of nitrogens with zero attached hydrogens (tertiary/aromatic N) is 4. The van der Waals surface area contributed by atoms with Gasteiger partial charge in [-0.1, -0.05) is 89.4 Å². The molecule has 4 aliphatic rings. The van der Waals surface area contributed by atoms with Crippen molar-refractivity contribution < 1.29 is 62.4 Å². The number of allylic oxidation sites excluding steroid dienone is 3. The van der Waals surface area contributed by atoms with Crippen molar-refractivity contribution in [1.29, 1.82) is 0 Å². The molecule has 23 heteroatoms. The molecule has 2 fully saturated rings. The molecule has 1 aliphatic carbocycles. The molecular weight excluding hydrogens is 1110 g/mol. The number of rotatable bonds is 21. The molecule has 3 heterocycles. The molecule has 7 amide bonds. The van der Waals surface area contributed by atoms with Crippen molar-refractivity contribution >= 4 is 97.8 Å². The maximum absolute atomic E-state index is 14.5. The van der Waals surface area contributed by atoms with Gasteiger partial charge in [-0.25, -0.2) is 15.0 Å². The van der Waals surface area contributed by atoms with Gasteiger partial charge in [0.2, 0.25) is 23.6 Å². The van der Waals surface area contributed by atoms with Crippen LogP contribution in [0.4, 0.5) is 16.2 Å². The van der Waals surface area contributed by atoms with E-state index in [1.165, 1.54) is 69.7 Å². The minimum absolute atomic E-state index is 0.0129. The number of hydrogen-bond acceptors (Lipinski definition) is 16. The highest BCUT2D eigenvalue weighted by Gasteiger charge is 2.62. The number of carbonyl (C=O) groups excluding carboxylic acids is 8. The summed E-state index contributed by atoms with van der Waals surface area (Å²) in [7, 11) is 8.92. The van der Waals surface area contributed by atoms with Crippen molar-refractivity contribution in [2.24, 2.45) is 22.4 Å². The highest BCUT2D eigenvalue weighted by Crippen LogP contribution is 2.61. The molecule has 8 atom stereocenters. The van der Waals surface area contributed by atoms with Crippen LogP contribution in [0.15, 0.2) is 77.5 Å². The molecule has 0 unspecified atom stereocenters. The third-order valence-electron chi connectivity index (χ3n) is 15.6. The summed E-state index contributed by atoms with van der Waals surface area (Å²) >= 11 is 6.86. The quantitative estimate of drug-likeness (QED) is 0.0229. The average molecular weight is 1190 g/mol. The van der Waals surface area contributed by atoms with E-state index in [2.05, 4.69) is 21.2 Å².